The highest BCUT2D eigenvalue weighted by atomic mass is 35.5. The first-order valence-corrected chi connectivity index (χ1v) is 10.3. The van der Waals surface area contributed by atoms with Gasteiger partial charge in [0.1, 0.15) is 11.9 Å². The van der Waals surface area contributed by atoms with E-state index in [-0.39, 0.29) is 5.91 Å². The van der Waals surface area contributed by atoms with Gasteiger partial charge in [-0.05, 0) is 49.2 Å². The lowest BCUT2D eigenvalue weighted by Gasteiger charge is -2.38. The Morgan fingerprint density at radius 3 is 2.55 bits per heavy atom. The predicted octanol–water partition coefficient (Wildman–Crippen LogP) is 4.71. The number of amides is 2. The molecule has 2 unspecified atom stereocenters. The lowest BCUT2D eigenvalue weighted by molar-refractivity contribution is -0.132. The second-order valence-corrected chi connectivity index (χ2v) is 7.76. The maximum Gasteiger partial charge on any atom is 0.279 e. The number of benzene rings is 3. The molecule has 0 radical (unpaired) electrons. The summed E-state index contributed by atoms with van der Waals surface area (Å²) in [4.78, 5) is 26.2. The van der Waals surface area contributed by atoms with Gasteiger partial charge in [-0.3, -0.25) is 15.0 Å². The molecule has 2 amide bonds. The Morgan fingerprint density at radius 2 is 1.81 bits per heavy atom. The summed E-state index contributed by atoms with van der Waals surface area (Å²) in [6.45, 7) is 3.55. The molecule has 0 fully saturated rings. The van der Waals surface area contributed by atoms with Crippen LogP contribution in [-0.2, 0) is 4.79 Å². The number of carbonyl (C=O) groups excluding carboxylic acids is 2. The minimum atomic E-state index is -0.814. The van der Waals surface area contributed by atoms with Crippen LogP contribution < -0.4 is 15.5 Å². The third kappa shape index (κ3) is 4.34. The average molecular weight is 436 g/mol. The molecule has 3 aromatic rings. The molecule has 0 aliphatic carbocycles. The fourth-order valence-electron chi connectivity index (χ4n) is 3.40. The third-order valence-electron chi connectivity index (χ3n) is 5.09. The third-order valence-corrected chi connectivity index (χ3v) is 5.33. The van der Waals surface area contributed by atoms with Crippen molar-refractivity contribution in [1.29, 1.82) is 0 Å². The van der Waals surface area contributed by atoms with Crippen molar-refractivity contribution >= 4 is 29.1 Å². The Hall–Kier alpha value is -3.51. The Balaban J connectivity index is 1.61. The summed E-state index contributed by atoms with van der Waals surface area (Å²) >= 11 is 6.10. The van der Waals surface area contributed by atoms with E-state index in [0.717, 1.165) is 11.1 Å². The van der Waals surface area contributed by atoms with E-state index in [2.05, 4.69) is 10.7 Å². The summed E-state index contributed by atoms with van der Waals surface area (Å²) in [5.41, 5.74) is 5.51. The molecule has 3 aromatic carbocycles. The Bertz CT molecular complexity index is 1120. The SMILES string of the molecule is Cc1ccccc1OC(C)C(=O)NN1C(=O)c2cc(Cl)ccc2NC1c1ccccc1. The maximum absolute atomic E-state index is 13.3. The lowest BCUT2D eigenvalue weighted by Crippen LogP contribution is -2.55. The lowest BCUT2D eigenvalue weighted by atomic mass is 10.0. The summed E-state index contributed by atoms with van der Waals surface area (Å²) in [7, 11) is 0. The van der Waals surface area contributed by atoms with Crippen molar-refractivity contribution in [2.24, 2.45) is 0 Å². The number of hydrazine groups is 1. The van der Waals surface area contributed by atoms with Gasteiger partial charge in [0, 0.05) is 10.7 Å². The van der Waals surface area contributed by atoms with Crippen LogP contribution in [0.5, 0.6) is 5.75 Å². The normalized spacial score (nSPS) is 16.2. The van der Waals surface area contributed by atoms with Gasteiger partial charge in [-0.2, -0.15) is 0 Å². The van der Waals surface area contributed by atoms with Crippen molar-refractivity contribution in [3.05, 3.63) is 94.5 Å². The molecular weight excluding hydrogens is 414 g/mol. The molecule has 1 heterocycles. The van der Waals surface area contributed by atoms with Crippen molar-refractivity contribution in [2.45, 2.75) is 26.1 Å². The zero-order valence-corrected chi connectivity index (χ0v) is 17.9. The summed E-state index contributed by atoms with van der Waals surface area (Å²) < 4.78 is 5.82. The zero-order chi connectivity index (χ0) is 22.0. The van der Waals surface area contributed by atoms with Crippen LogP contribution in [-0.4, -0.2) is 22.9 Å². The molecule has 0 aromatic heterocycles. The first-order chi connectivity index (χ1) is 14.9. The van der Waals surface area contributed by atoms with E-state index >= 15 is 0 Å². The van der Waals surface area contributed by atoms with E-state index in [9.17, 15) is 9.59 Å². The number of hydrogen-bond donors (Lipinski definition) is 2. The summed E-state index contributed by atoms with van der Waals surface area (Å²) in [6.07, 6.45) is -1.40. The Labute approximate surface area is 185 Å². The van der Waals surface area contributed by atoms with E-state index in [4.69, 9.17) is 16.3 Å². The number of fused-ring (bicyclic) bond motifs is 1. The van der Waals surface area contributed by atoms with Crippen molar-refractivity contribution in [1.82, 2.24) is 10.4 Å². The molecule has 158 valence electrons. The van der Waals surface area contributed by atoms with Crippen molar-refractivity contribution in [3.8, 4) is 5.75 Å². The first kappa shape index (κ1) is 20.8. The smallest absolute Gasteiger partial charge is 0.279 e. The minimum absolute atomic E-state index is 0.360. The number of nitrogens with zero attached hydrogens (tertiary/aromatic N) is 1. The molecule has 7 heteroatoms. The Kier molecular flexibility index (Phi) is 5.82. The van der Waals surface area contributed by atoms with Gasteiger partial charge >= 0.3 is 0 Å². The fraction of sp³-hybridized carbons (Fsp3) is 0.167. The zero-order valence-electron chi connectivity index (χ0n) is 17.1. The first-order valence-electron chi connectivity index (χ1n) is 9.91. The van der Waals surface area contributed by atoms with Crippen molar-refractivity contribution in [2.75, 3.05) is 5.32 Å². The number of para-hydroxylation sites is 1. The number of halogens is 1. The van der Waals surface area contributed by atoms with E-state index in [1.807, 2.05) is 55.5 Å². The highest BCUT2D eigenvalue weighted by Crippen LogP contribution is 2.33. The summed E-state index contributed by atoms with van der Waals surface area (Å²) in [5, 5.41) is 5.04. The monoisotopic (exact) mass is 435 g/mol. The van der Waals surface area contributed by atoms with Gasteiger partial charge in [0.25, 0.3) is 11.8 Å². The van der Waals surface area contributed by atoms with Crippen LogP contribution in [0.25, 0.3) is 0 Å². The largest absolute Gasteiger partial charge is 0.481 e. The van der Waals surface area contributed by atoms with Crippen LogP contribution in [0.1, 0.15) is 34.6 Å². The van der Waals surface area contributed by atoms with Crippen LogP contribution in [0.4, 0.5) is 5.69 Å². The van der Waals surface area contributed by atoms with Gasteiger partial charge in [0.2, 0.25) is 0 Å². The van der Waals surface area contributed by atoms with Gasteiger partial charge in [-0.1, -0.05) is 60.1 Å². The van der Waals surface area contributed by atoms with Gasteiger partial charge in [0.15, 0.2) is 6.10 Å². The van der Waals surface area contributed by atoms with Crippen LogP contribution in [0.15, 0.2) is 72.8 Å². The topological polar surface area (TPSA) is 70.7 Å². The second kappa shape index (κ2) is 8.70. The average Bonchev–Trinajstić information content (AvgIpc) is 2.78. The van der Waals surface area contributed by atoms with Crippen molar-refractivity contribution in [3.63, 3.8) is 0 Å². The van der Waals surface area contributed by atoms with Crippen LogP contribution in [0.3, 0.4) is 0 Å². The Morgan fingerprint density at radius 1 is 1.10 bits per heavy atom. The molecule has 2 atom stereocenters. The number of anilines is 1. The highest BCUT2D eigenvalue weighted by Gasteiger charge is 2.35. The van der Waals surface area contributed by atoms with Gasteiger partial charge in [-0.15, -0.1) is 0 Å². The molecule has 6 nitrogen and oxygen atoms in total. The molecule has 0 bridgehead atoms. The van der Waals surface area contributed by atoms with Crippen molar-refractivity contribution < 1.29 is 14.3 Å². The molecular formula is C24H22ClN3O3. The maximum atomic E-state index is 13.3. The number of nitrogens with one attached hydrogen (secondary N) is 2. The number of aryl methyl sites for hydroxylation is 1. The molecule has 0 spiro atoms. The van der Waals surface area contributed by atoms with E-state index in [1.165, 1.54) is 5.01 Å². The summed E-state index contributed by atoms with van der Waals surface area (Å²) in [6, 6.07) is 21.9. The predicted molar refractivity (Wildman–Crippen MR) is 120 cm³/mol. The van der Waals surface area contributed by atoms with Crippen LogP contribution in [0, 0.1) is 6.92 Å². The molecule has 1 aliphatic heterocycles. The molecule has 31 heavy (non-hydrogen) atoms. The molecule has 2 N–H and O–H groups in total. The summed E-state index contributed by atoms with van der Waals surface area (Å²) in [5.74, 6) is -0.184. The van der Waals surface area contributed by atoms with Crippen LogP contribution >= 0.6 is 11.6 Å². The quantitative estimate of drug-likeness (QED) is 0.608. The minimum Gasteiger partial charge on any atom is -0.481 e. The molecule has 4 rings (SSSR count). The van der Waals surface area contributed by atoms with Gasteiger partial charge in [0.05, 0.1) is 5.56 Å². The number of hydrogen-bond acceptors (Lipinski definition) is 4. The molecule has 0 saturated heterocycles. The number of rotatable bonds is 5. The highest BCUT2D eigenvalue weighted by molar-refractivity contribution is 6.31. The number of ether oxygens (including phenoxy) is 1. The van der Waals surface area contributed by atoms with Crippen LogP contribution in [0.2, 0.25) is 5.02 Å². The standard InChI is InChI=1S/C24H22ClN3O3/c1-15-8-6-7-11-21(15)31-16(2)23(29)27-28-22(17-9-4-3-5-10-17)26-20-13-12-18(25)14-19(20)24(28)30/h3-14,16,22,26H,1-2H3,(H,27,29). The number of carbonyl (C=O) groups is 2. The van der Waals surface area contributed by atoms with E-state index < -0.39 is 18.2 Å². The second-order valence-electron chi connectivity index (χ2n) is 7.32. The van der Waals surface area contributed by atoms with E-state index in [0.29, 0.717) is 22.0 Å². The van der Waals surface area contributed by atoms with Gasteiger partial charge < -0.3 is 10.1 Å². The fourth-order valence-corrected chi connectivity index (χ4v) is 3.58. The molecule has 1 aliphatic rings. The van der Waals surface area contributed by atoms with Gasteiger partial charge in [-0.25, -0.2) is 5.01 Å². The van der Waals surface area contributed by atoms with E-state index in [1.54, 1.807) is 31.2 Å². The molecule has 0 saturated carbocycles.